The van der Waals surface area contributed by atoms with Crippen molar-refractivity contribution in [3.05, 3.63) is 64.4 Å². The van der Waals surface area contributed by atoms with Crippen molar-refractivity contribution in [2.45, 2.75) is 40.0 Å². The Balaban J connectivity index is 1.70. The zero-order valence-electron chi connectivity index (χ0n) is 17.3. The van der Waals surface area contributed by atoms with E-state index in [2.05, 4.69) is 26.2 Å². The van der Waals surface area contributed by atoms with E-state index in [4.69, 9.17) is 16.3 Å². The normalized spacial score (nSPS) is 14.7. The van der Waals surface area contributed by atoms with Gasteiger partial charge >= 0.3 is 5.97 Å². The molecule has 0 spiro atoms. The molecule has 1 aliphatic rings. The lowest BCUT2D eigenvalue weighted by molar-refractivity contribution is -0.154. The SMILES string of the molecule is CC(C)(C)C(C(=O)OCc1ccccc1)N1Cc2c(Cl)cnc3c2c(cn3SI)C1=O. The molecule has 0 radical (unpaired) electrons. The molecule has 0 fully saturated rings. The van der Waals surface area contributed by atoms with E-state index < -0.39 is 17.4 Å². The van der Waals surface area contributed by atoms with E-state index in [0.717, 1.165) is 16.5 Å². The summed E-state index contributed by atoms with van der Waals surface area (Å²) in [5.41, 5.74) is 2.35. The summed E-state index contributed by atoms with van der Waals surface area (Å²) in [6.07, 6.45) is 3.36. The molecule has 0 bridgehead atoms. The summed E-state index contributed by atoms with van der Waals surface area (Å²) < 4.78 is 7.49. The fraction of sp³-hybridized carbons (Fsp3) is 0.318. The molecular formula is C22H21ClIN3O3S. The highest BCUT2D eigenvalue weighted by molar-refractivity contribution is 14.2. The van der Waals surface area contributed by atoms with Crippen LogP contribution in [0.1, 0.15) is 42.3 Å². The summed E-state index contributed by atoms with van der Waals surface area (Å²) in [4.78, 5) is 32.8. The van der Waals surface area contributed by atoms with Crippen molar-refractivity contribution in [2.24, 2.45) is 5.41 Å². The van der Waals surface area contributed by atoms with Crippen molar-refractivity contribution in [1.82, 2.24) is 13.9 Å². The van der Waals surface area contributed by atoms with Crippen LogP contribution >= 0.6 is 41.9 Å². The molecule has 0 N–H and O–H groups in total. The first-order valence-electron chi connectivity index (χ1n) is 9.71. The Morgan fingerprint density at radius 1 is 1.32 bits per heavy atom. The number of pyridine rings is 1. The van der Waals surface area contributed by atoms with Crippen LogP contribution in [0.25, 0.3) is 11.0 Å². The van der Waals surface area contributed by atoms with Gasteiger partial charge in [-0.15, -0.1) is 0 Å². The molecule has 1 aliphatic heterocycles. The molecule has 0 saturated carbocycles. The zero-order valence-corrected chi connectivity index (χ0v) is 21.0. The fourth-order valence-corrected chi connectivity index (χ4v) is 5.39. The number of hydrogen-bond donors (Lipinski definition) is 0. The highest BCUT2D eigenvalue weighted by Gasteiger charge is 2.44. The number of carbonyl (C=O) groups is 2. The van der Waals surface area contributed by atoms with Crippen molar-refractivity contribution >= 4 is 64.8 Å². The number of nitrogens with zero attached hydrogens (tertiary/aromatic N) is 3. The molecule has 3 heterocycles. The van der Waals surface area contributed by atoms with Gasteiger partial charge in [-0.05, 0) is 11.0 Å². The number of halogens is 2. The van der Waals surface area contributed by atoms with Crippen LogP contribution in [0.5, 0.6) is 0 Å². The van der Waals surface area contributed by atoms with Crippen molar-refractivity contribution in [3.8, 4) is 0 Å². The Kier molecular flexibility index (Phi) is 6.24. The smallest absolute Gasteiger partial charge is 0.329 e. The summed E-state index contributed by atoms with van der Waals surface area (Å²) in [6, 6.07) is 8.73. The minimum absolute atomic E-state index is 0.154. The molecule has 6 nitrogen and oxygen atoms in total. The standard InChI is InChI=1S/C22H21ClIN3O3S/c1-22(2,3)18(21(29)30-12-13-7-5-4-6-8-13)26-10-14-16(23)9-25-19-17(14)15(20(26)28)11-27(19)31-24/h4-9,11,18H,10,12H2,1-3H3. The van der Waals surface area contributed by atoms with Crippen molar-refractivity contribution < 1.29 is 14.3 Å². The number of esters is 1. The Morgan fingerprint density at radius 3 is 2.68 bits per heavy atom. The number of amides is 1. The van der Waals surface area contributed by atoms with Crippen molar-refractivity contribution in [2.75, 3.05) is 0 Å². The predicted molar refractivity (Wildman–Crippen MR) is 131 cm³/mol. The second-order valence-electron chi connectivity index (χ2n) is 8.52. The third kappa shape index (κ3) is 4.17. The molecular weight excluding hydrogens is 549 g/mol. The van der Waals surface area contributed by atoms with Crippen LogP contribution in [-0.2, 0) is 22.7 Å². The average molecular weight is 570 g/mol. The molecule has 1 atom stereocenters. The van der Waals surface area contributed by atoms with Gasteiger partial charge in [0.2, 0.25) is 0 Å². The summed E-state index contributed by atoms with van der Waals surface area (Å²) >= 11 is 8.62. The van der Waals surface area contributed by atoms with Gasteiger partial charge in [0, 0.05) is 60.2 Å². The second-order valence-corrected chi connectivity index (χ2v) is 10.6. The number of hydrogen-bond acceptors (Lipinski definition) is 5. The Bertz CT molecular complexity index is 1160. The van der Waals surface area contributed by atoms with Crippen LogP contribution in [0.15, 0.2) is 42.7 Å². The maximum atomic E-state index is 13.5. The van der Waals surface area contributed by atoms with Crippen molar-refractivity contribution in [1.29, 1.82) is 0 Å². The fourth-order valence-electron chi connectivity index (χ4n) is 3.94. The highest BCUT2D eigenvalue weighted by atomic mass is 127. The van der Waals surface area contributed by atoms with Crippen LogP contribution in [0, 0.1) is 5.41 Å². The molecule has 1 aromatic carbocycles. The third-order valence-electron chi connectivity index (χ3n) is 5.31. The lowest BCUT2D eigenvalue weighted by Crippen LogP contribution is -2.53. The van der Waals surface area contributed by atoms with Crippen molar-refractivity contribution in [3.63, 3.8) is 0 Å². The average Bonchev–Trinajstić information content (AvgIpc) is 3.11. The highest BCUT2D eigenvalue weighted by Crippen LogP contribution is 2.40. The van der Waals surface area contributed by atoms with Gasteiger partial charge in [0.1, 0.15) is 12.6 Å². The van der Waals surface area contributed by atoms with Crippen LogP contribution in [0.3, 0.4) is 0 Å². The van der Waals surface area contributed by atoms with Gasteiger partial charge in [-0.2, -0.15) is 0 Å². The first-order chi connectivity index (χ1) is 14.7. The molecule has 1 amide bonds. The zero-order chi connectivity index (χ0) is 22.3. The van der Waals surface area contributed by atoms with Gasteiger partial charge in [0.05, 0.1) is 10.6 Å². The lowest BCUT2D eigenvalue weighted by atomic mass is 9.84. The largest absolute Gasteiger partial charge is 0.459 e. The second kappa shape index (κ2) is 8.63. The Morgan fingerprint density at radius 2 is 2.03 bits per heavy atom. The van der Waals surface area contributed by atoms with E-state index in [0.29, 0.717) is 16.2 Å². The summed E-state index contributed by atoms with van der Waals surface area (Å²) in [5.74, 6) is -0.653. The van der Waals surface area contributed by atoms with E-state index in [1.165, 1.54) is 9.12 Å². The topological polar surface area (TPSA) is 64.4 Å². The summed E-state index contributed by atoms with van der Waals surface area (Å²) in [7, 11) is 1.42. The minimum Gasteiger partial charge on any atom is -0.459 e. The Labute approximate surface area is 202 Å². The van der Waals surface area contributed by atoms with Gasteiger partial charge in [0.25, 0.3) is 5.91 Å². The van der Waals surface area contributed by atoms with E-state index in [9.17, 15) is 9.59 Å². The minimum atomic E-state index is -0.772. The summed E-state index contributed by atoms with van der Waals surface area (Å²) in [6.45, 7) is 6.17. The van der Waals surface area contributed by atoms with Gasteiger partial charge in [-0.3, -0.25) is 8.77 Å². The molecule has 0 saturated heterocycles. The maximum absolute atomic E-state index is 13.5. The maximum Gasteiger partial charge on any atom is 0.329 e. The van der Waals surface area contributed by atoms with Crippen LogP contribution in [0.2, 0.25) is 5.02 Å². The number of aromatic nitrogens is 2. The molecule has 3 aromatic rings. The van der Waals surface area contributed by atoms with Gasteiger partial charge in [-0.25, -0.2) is 9.78 Å². The van der Waals surface area contributed by atoms with Crippen LogP contribution in [0.4, 0.5) is 0 Å². The molecule has 9 heteroatoms. The van der Waals surface area contributed by atoms with Gasteiger partial charge < -0.3 is 9.64 Å². The first kappa shape index (κ1) is 22.4. The summed E-state index contributed by atoms with van der Waals surface area (Å²) in [5, 5.41) is 1.23. The quantitative estimate of drug-likeness (QED) is 0.294. The van der Waals surface area contributed by atoms with E-state index in [1.54, 1.807) is 17.3 Å². The number of carbonyl (C=O) groups excluding carboxylic acids is 2. The molecule has 1 unspecified atom stereocenters. The lowest BCUT2D eigenvalue weighted by Gasteiger charge is -2.40. The third-order valence-corrected chi connectivity index (χ3v) is 7.34. The van der Waals surface area contributed by atoms with Crippen LogP contribution in [-0.4, -0.2) is 31.8 Å². The molecule has 162 valence electrons. The number of rotatable bonds is 5. The van der Waals surface area contributed by atoms with E-state index in [-0.39, 0.29) is 19.1 Å². The Hall–Kier alpha value is -1.78. The predicted octanol–water partition coefficient (Wildman–Crippen LogP) is 5.65. The molecule has 4 rings (SSSR count). The molecule has 0 aliphatic carbocycles. The molecule has 31 heavy (non-hydrogen) atoms. The van der Waals surface area contributed by atoms with Crippen LogP contribution < -0.4 is 0 Å². The van der Waals surface area contributed by atoms with E-state index in [1.807, 2.05) is 55.1 Å². The monoisotopic (exact) mass is 569 g/mol. The number of ether oxygens (including phenoxy) is 1. The van der Waals surface area contributed by atoms with Gasteiger partial charge in [0.15, 0.2) is 5.65 Å². The van der Waals surface area contributed by atoms with Gasteiger partial charge in [-0.1, -0.05) is 62.7 Å². The first-order valence-corrected chi connectivity index (χ1v) is 13.4. The molecule has 2 aromatic heterocycles. The number of benzene rings is 1. The van der Waals surface area contributed by atoms with E-state index >= 15 is 0 Å².